The highest BCUT2D eigenvalue weighted by Gasteiger charge is 2.34. The van der Waals surface area contributed by atoms with Gasteiger partial charge in [-0.1, -0.05) is 19.3 Å². The number of likely N-dealkylation sites (tertiary alicyclic amines) is 1. The van der Waals surface area contributed by atoms with Gasteiger partial charge in [-0.3, -0.25) is 0 Å². The minimum absolute atomic E-state index is 0.469. The van der Waals surface area contributed by atoms with Gasteiger partial charge in [0, 0.05) is 12.6 Å². The van der Waals surface area contributed by atoms with Crippen LogP contribution in [0.25, 0.3) is 0 Å². The zero-order valence-corrected chi connectivity index (χ0v) is 10.2. The van der Waals surface area contributed by atoms with Crippen LogP contribution in [0.15, 0.2) is 0 Å². The second kappa shape index (κ2) is 4.84. The summed E-state index contributed by atoms with van der Waals surface area (Å²) in [5, 5.41) is 0. The van der Waals surface area contributed by atoms with Crippen molar-refractivity contribution in [2.24, 2.45) is 11.1 Å². The van der Waals surface area contributed by atoms with E-state index in [0.717, 1.165) is 12.6 Å². The maximum atomic E-state index is 6.04. The van der Waals surface area contributed by atoms with Crippen LogP contribution < -0.4 is 5.73 Å². The molecule has 1 aliphatic carbocycles. The minimum Gasteiger partial charge on any atom is -0.330 e. The summed E-state index contributed by atoms with van der Waals surface area (Å²) in [6.07, 6.45) is 9.75. The molecule has 88 valence electrons. The minimum atomic E-state index is 0.469. The van der Waals surface area contributed by atoms with E-state index >= 15 is 0 Å². The molecule has 1 unspecified atom stereocenters. The molecule has 15 heavy (non-hydrogen) atoms. The molecule has 1 saturated heterocycles. The lowest BCUT2D eigenvalue weighted by Crippen LogP contribution is -2.44. The third kappa shape index (κ3) is 2.54. The maximum Gasteiger partial charge on any atom is 0.00676 e. The molecular weight excluding hydrogens is 184 g/mol. The Morgan fingerprint density at radius 2 is 1.93 bits per heavy atom. The third-order valence-corrected chi connectivity index (χ3v) is 4.58. The van der Waals surface area contributed by atoms with Crippen LogP contribution in [0.2, 0.25) is 0 Å². The van der Waals surface area contributed by atoms with E-state index in [-0.39, 0.29) is 0 Å². The topological polar surface area (TPSA) is 29.3 Å². The van der Waals surface area contributed by atoms with Crippen LogP contribution in [0.3, 0.4) is 0 Å². The molecule has 2 fully saturated rings. The summed E-state index contributed by atoms with van der Waals surface area (Å²) in [4.78, 5) is 2.68. The van der Waals surface area contributed by atoms with Gasteiger partial charge in [0.05, 0.1) is 0 Å². The second-order valence-corrected chi connectivity index (χ2v) is 5.73. The average molecular weight is 210 g/mol. The summed E-state index contributed by atoms with van der Waals surface area (Å²) in [7, 11) is 0. The van der Waals surface area contributed by atoms with Crippen LogP contribution in [-0.2, 0) is 0 Å². The molecule has 0 bridgehead atoms. The first-order valence-corrected chi connectivity index (χ1v) is 6.70. The standard InChI is InChI=1S/C13H26N2/c1-12-6-5-9-15(12)11-13(10-14)7-3-2-4-8-13/h12H,2-11,14H2,1H3. The fraction of sp³-hybridized carbons (Fsp3) is 1.00. The Hall–Kier alpha value is -0.0800. The predicted octanol–water partition coefficient (Wildman–Crippen LogP) is 2.38. The summed E-state index contributed by atoms with van der Waals surface area (Å²) < 4.78 is 0. The molecule has 0 aromatic carbocycles. The van der Waals surface area contributed by atoms with Gasteiger partial charge in [0.1, 0.15) is 0 Å². The fourth-order valence-electron chi connectivity index (χ4n) is 3.39. The van der Waals surface area contributed by atoms with Crippen LogP contribution >= 0.6 is 0 Å². The van der Waals surface area contributed by atoms with Gasteiger partial charge in [-0.2, -0.15) is 0 Å². The Bertz CT molecular complexity index is 197. The second-order valence-electron chi connectivity index (χ2n) is 5.73. The van der Waals surface area contributed by atoms with E-state index in [1.165, 1.54) is 58.0 Å². The summed E-state index contributed by atoms with van der Waals surface area (Å²) >= 11 is 0. The monoisotopic (exact) mass is 210 g/mol. The molecule has 0 aromatic rings. The van der Waals surface area contributed by atoms with Crippen molar-refractivity contribution in [2.75, 3.05) is 19.6 Å². The Balaban J connectivity index is 1.94. The first-order chi connectivity index (χ1) is 7.26. The molecule has 2 aliphatic rings. The van der Waals surface area contributed by atoms with Gasteiger partial charge in [0.15, 0.2) is 0 Å². The zero-order chi connectivity index (χ0) is 10.7. The zero-order valence-electron chi connectivity index (χ0n) is 10.2. The van der Waals surface area contributed by atoms with E-state index in [0.29, 0.717) is 5.41 Å². The molecule has 2 rings (SSSR count). The Morgan fingerprint density at radius 1 is 1.20 bits per heavy atom. The quantitative estimate of drug-likeness (QED) is 0.775. The molecule has 1 atom stereocenters. The van der Waals surface area contributed by atoms with Gasteiger partial charge >= 0.3 is 0 Å². The van der Waals surface area contributed by atoms with Crippen molar-refractivity contribution in [3.05, 3.63) is 0 Å². The highest BCUT2D eigenvalue weighted by Crippen LogP contribution is 2.37. The molecule has 0 spiro atoms. The first kappa shape index (κ1) is 11.4. The lowest BCUT2D eigenvalue weighted by molar-refractivity contribution is 0.107. The largest absolute Gasteiger partial charge is 0.330 e. The first-order valence-electron chi connectivity index (χ1n) is 6.70. The number of nitrogens with zero attached hydrogens (tertiary/aromatic N) is 1. The molecular formula is C13H26N2. The SMILES string of the molecule is CC1CCCN1CC1(CN)CCCCC1. The van der Waals surface area contributed by atoms with E-state index < -0.39 is 0 Å². The van der Waals surface area contributed by atoms with Gasteiger partial charge in [-0.25, -0.2) is 0 Å². The Morgan fingerprint density at radius 3 is 2.47 bits per heavy atom. The van der Waals surface area contributed by atoms with Crippen molar-refractivity contribution in [2.45, 2.75) is 57.9 Å². The highest BCUT2D eigenvalue weighted by molar-refractivity contribution is 4.89. The van der Waals surface area contributed by atoms with Gasteiger partial charge in [0.2, 0.25) is 0 Å². The van der Waals surface area contributed by atoms with E-state index in [1.807, 2.05) is 0 Å². The fourth-order valence-corrected chi connectivity index (χ4v) is 3.39. The number of hydrogen-bond acceptors (Lipinski definition) is 2. The Labute approximate surface area is 94.2 Å². The van der Waals surface area contributed by atoms with E-state index in [2.05, 4.69) is 11.8 Å². The summed E-state index contributed by atoms with van der Waals surface area (Å²) in [6.45, 7) is 5.85. The molecule has 1 saturated carbocycles. The van der Waals surface area contributed by atoms with Crippen LogP contribution in [0, 0.1) is 5.41 Å². The lowest BCUT2D eigenvalue weighted by Gasteiger charge is -2.40. The molecule has 1 heterocycles. The Kier molecular flexibility index (Phi) is 3.68. The lowest BCUT2D eigenvalue weighted by atomic mass is 9.73. The average Bonchev–Trinajstić information content (AvgIpc) is 2.66. The van der Waals surface area contributed by atoms with E-state index in [9.17, 15) is 0 Å². The summed E-state index contributed by atoms with van der Waals surface area (Å²) in [6, 6.07) is 0.801. The smallest absolute Gasteiger partial charge is 0.00676 e. The van der Waals surface area contributed by atoms with Gasteiger partial charge in [-0.05, 0) is 51.1 Å². The van der Waals surface area contributed by atoms with Crippen LogP contribution in [0.5, 0.6) is 0 Å². The van der Waals surface area contributed by atoms with Crippen molar-refractivity contribution in [1.29, 1.82) is 0 Å². The van der Waals surface area contributed by atoms with Gasteiger partial charge in [0.25, 0.3) is 0 Å². The van der Waals surface area contributed by atoms with Gasteiger partial charge < -0.3 is 10.6 Å². The van der Waals surface area contributed by atoms with Gasteiger partial charge in [-0.15, -0.1) is 0 Å². The molecule has 0 radical (unpaired) electrons. The third-order valence-electron chi connectivity index (χ3n) is 4.58. The van der Waals surface area contributed by atoms with Crippen molar-refractivity contribution in [3.8, 4) is 0 Å². The van der Waals surface area contributed by atoms with Crippen LogP contribution in [0.4, 0.5) is 0 Å². The molecule has 2 nitrogen and oxygen atoms in total. The molecule has 0 aromatic heterocycles. The normalized spacial score (nSPS) is 32.0. The number of hydrogen-bond donors (Lipinski definition) is 1. The van der Waals surface area contributed by atoms with Crippen LogP contribution in [0.1, 0.15) is 51.9 Å². The highest BCUT2D eigenvalue weighted by atomic mass is 15.2. The van der Waals surface area contributed by atoms with Crippen molar-refractivity contribution >= 4 is 0 Å². The van der Waals surface area contributed by atoms with Crippen molar-refractivity contribution in [3.63, 3.8) is 0 Å². The molecule has 2 heteroatoms. The van der Waals surface area contributed by atoms with Crippen LogP contribution in [-0.4, -0.2) is 30.6 Å². The van der Waals surface area contributed by atoms with E-state index in [4.69, 9.17) is 5.73 Å². The molecule has 1 aliphatic heterocycles. The van der Waals surface area contributed by atoms with E-state index in [1.54, 1.807) is 0 Å². The number of nitrogens with two attached hydrogens (primary N) is 1. The van der Waals surface area contributed by atoms with Crippen molar-refractivity contribution in [1.82, 2.24) is 4.90 Å². The number of rotatable bonds is 3. The maximum absolute atomic E-state index is 6.04. The molecule has 2 N–H and O–H groups in total. The van der Waals surface area contributed by atoms with Crippen molar-refractivity contribution < 1.29 is 0 Å². The predicted molar refractivity (Wildman–Crippen MR) is 64.8 cm³/mol. The summed E-state index contributed by atoms with van der Waals surface area (Å²) in [5.74, 6) is 0. The molecule has 0 amide bonds. The summed E-state index contributed by atoms with van der Waals surface area (Å²) in [5.41, 5.74) is 6.50.